The molecule has 0 aliphatic carbocycles. The first-order valence-corrected chi connectivity index (χ1v) is 11.0. The zero-order chi connectivity index (χ0) is 24.1. The molecule has 0 spiro atoms. The third-order valence-electron chi connectivity index (χ3n) is 5.22. The van der Waals surface area contributed by atoms with E-state index in [4.69, 9.17) is 10.5 Å². The number of benzene rings is 2. The molecular weight excluding hydrogens is 532 g/mol. The van der Waals surface area contributed by atoms with Crippen LogP contribution in [0.1, 0.15) is 29.3 Å². The molecule has 3 N–H and O–H groups in total. The Kier molecular flexibility index (Phi) is 9.78. The second-order valence-corrected chi connectivity index (χ2v) is 8.49. The van der Waals surface area contributed by atoms with Gasteiger partial charge in [0.25, 0.3) is 5.56 Å². The van der Waals surface area contributed by atoms with Crippen LogP contribution in [0.4, 0.5) is 8.78 Å². The summed E-state index contributed by atoms with van der Waals surface area (Å²) in [6, 6.07) is 12.2. The van der Waals surface area contributed by atoms with Gasteiger partial charge in [0.15, 0.2) is 0 Å². The zero-order valence-corrected chi connectivity index (χ0v) is 21.0. The number of hydrogen-bond acceptors (Lipinski definition) is 4. The van der Waals surface area contributed by atoms with E-state index >= 15 is 0 Å². The van der Waals surface area contributed by atoms with E-state index in [2.05, 4.69) is 21.2 Å². The molecule has 1 heterocycles. The second kappa shape index (κ2) is 12.1. The number of carbonyl (C=O) groups is 1. The quantitative estimate of drug-likeness (QED) is 0.414. The Labute approximate surface area is 210 Å². The summed E-state index contributed by atoms with van der Waals surface area (Å²) >= 11 is 3.28. The van der Waals surface area contributed by atoms with Crippen LogP contribution >= 0.6 is 28.3 Å². The Balaban J connectivity index is 0.00000408. The van der Waals surface area contributed by atoms with Gasteiger partial charge in [-0.3, -0.25) is 9.59 Å². The van der Waals surface area contributed by atoms with Gasteiger partial charge in [0.05, 0.1) is 12.6 Å². The molecule has 0 saturated carbocycles. The van der Waals surface area contributed by atoms with Gasteiger partial charge < -0.3 is 20.4 Å². The summed E-state index contributed by atoms with van der Waals surface area (Å²) in [6.07, 6.45) is 0. The number of nitrogens with one attached hydrogen (secondary N) is 1. The molecule has 0 bridgehead atoms. The van der Waals surface area contributed by atoms with Crippen molar-refractivity contribution in [3.05, 3.63) is 97.4 Å². The van der Waals surface area contributed by atoms with E-state index in [0.717, 1.165) is 23.3 Å². The number of primary amides is 1. The molecule has 10 heteroatoms. The van der Waals surface area contributed by atoms with Crippen molar-refractivity contribution < 1.29 is 18.3 Å². The van der Waals surface area contributed by atoms with Crippen molar-refractivity contribution in [2.45, 2.75) is 39.6 Å². The number of ether oxygens (including phenoxy) is 1. The maximum Gasteiger partial charge on any atom is 0.269 e. The molecule has 3 aromatic rings. The first-order valence-electron chi connectivity index (χ1n) is 10.2. The van der Waals surface area contributed by atoms with E-state index in [1.54, 1.807) is 24.5 Å². The summed E-state index contributed by atoms with van der Waals surface area (Å²) in [7, 11) is 0. The number of nitrogens with zero attached hydrogens (tertiary/aromatic N) is 1. The van der Waals surface area contributed by atoms with Crippen molar-refractivity contribution in [2.24, 2.45) is 5.73 Å². The van der Waals surface area contributed by atoms with Gasteiger partial charge in [-0.15, -0.1) is 12.4 Å². The number of carbonyl (C=O) groups excluding carboxylic acids is 1. The third kappa shape index (κ3) is 6.88. The van der Waals surface area contributed by atoms with Gasteiger partial charge in [0.2, 0.25) is 5.91 Å². The molecule has 0 unspecified atom stereocenters. The van der Waals surface area contributed by atoms with E-state index in [9.17, 15) is 18.4 Å². The lowest BCUT2D eigenvalue weighted by atomic mass is 10.1. The van der Waals surface area contributed by atoms with Gasteiger partial charge in [-0.25, -0.2) is 8.78 Å². The summed E-state index contributed by atoms with van der Waals surface area (Å²) in [4.78, 5) is 24.0. The number of aromatic nitrogens is 1. The Morgan fingerprint density at radius 2 is 1.79 bits per heavy atom. The predicted molar refractivity (Wildman–Crippen MR) is 132 cm³/mol. The molecule has 0 fully saturated rings. The minimum absolute atomic E-state index is 0. The average Bonchev–Trinajstić information content (AvgIpc) is 2.78. The highest BCUT2D eigenvalue weighted by molar-refractivity contribution is 9.10. The lowest BCUT2D eigenvalue weighted by Crippen LogP contribution is -2.38. The van der Waals surface area contributed by atoms with Gasteiger partial charge >= 0.3 is 0 Å². The molecule has 6 nitrogen and oxygen atoms in total. The van der Waals surface area contributed by atoms with Crippen molar-refractivity contribution in [1.29, 1.82) is 0 Å². The molecule has 1 amide bonds. The topological polar surface area (TPSA) is 86.3 Å². The number of amides is 1. The first kappa shape index (κ1) is 27.5. The predicted octanol–water partition coefficient (Wildman–Crippen LogP) is 4.21. The smallest absolute Gasteiger partial charge is 0.269 e. The summed E-state index contributed by atoms with van der Waals surface area (Å²) in [5.41, 5.74) is 7.71. The summed E-state index contributed by atoms with van der Waals surface area (Å²) in [5, 5.41) is 3.04. The van der Waals surface area contributed by atoms with Crippen LogP contribution < -0.4 is 21.3 Å². The molecule has 1 atom stereocenters. The van der Waals surface area contributed by atoms with Crippen LogP contribution in [0.25, 0.3) is 0 Å². The normalized spacial score (nSPS) is 11.6. The standard InChI is InChI=1S/C24H24BrF2N3O3.ClH/c1-14-9-21(33-13-18-7-8-19(26)10-20(18)27)22(25)24(32)30(14)12-17-5-3-16(4-6-17)11-29-15(2)23(28)31;/h3-10,15,29H,11-13H2,1-2H3,(H2,28,31);1H/t15-;/m1./s1. The van der Waals surface area contributed by atoms with Crippen LogP contribution in [0.15, 0.2) is 57.8 Å². The molecule has 0 radical (unpaired) electrons. The van der Waals surface area contributed by atoms with Gasteiger partial charge in [0.1, 0.15) is 28.5 Å². The molecule has 2 aromatic carbocycles. The highest BCUT2D eigenvalue weighted by Crippen LogP contribution is 2.24. The van der Waals surface area contributed by atoms with Crippen molar-refractivity contribution in [2.75, 3.05) is 0 Å². The van der Waals surface area contributed by atoms with Crippen molar-refractivity contribution >= 4 is 34.2 Å². The van der Waals surface area contributed by atoms with Crippen molar-refractivity contribution in [3.63, 3.8) is 0 Å². The van der Waals surface area contributed by atoms with Crippen molar-refractivity contribution in [3.8, 4) is 5.75 Å². The second-order valence-electron chi connectivity index (χ2n) is 7.70. The lowest BCUT2D eigenvalue weighted by molar-refractivity contribution is -0.119. The number of pyridine rings is 1. The monoisotopic (exact) mass is 555 g/mol. The minimum Gasteiger partial charge on any atom is -0.487 e. The lowest BCUT2D eigenvalue weighted by Gasteiger charge is -2.15. The van der Waals surface area contributed by atoms with Crippen LogP contribution in [-0.2, 0) is 24.5 Å². The maximum atomic E-state index is 13.8. The fourth-order valence-corrected chi connectivity index (χ4v) is 3.57. The number of aryl methyl sites for hydroxylation is 1. The van der Waals surface area contributed by atoms with Crippen LogP contribution in [0.3, 0.4) is 0 Å². The molecule has 1 aromatic heterocycles. The average molecular weight is 557 g/mol. The number of rotatable bonds is 9. The summed E-state index contributed by atoms with van der Waals surface area (Å²) in [6.45, 7) is 4.19. The minimum atomic E-state index is -0.709. The Morgan fingerprint density at radius 1 is 1.15 bits per heavy atom. The van der Waals surface area contributed by atoms with Gasteiger partial charge in [-0.1, -0.05) is 24.3 Å². The Hall–Kier alpha value is -2.75. The molecule has 0 saturated heterocycles. The van der Waals surface area contributed by atoms with Crippen LogP contribution in [0.2, 0.25) is 0 Å². The van der Waals surface area contributed by atoms with E-state index in [1.165, 1.54) is 6.07 Å². The van der Waals surface area contributed by atoms with Crippen molar-refractivity contribution in [1.82, 2.24) is 9.88 Å². The number of halogens is 4. The van der Waals surface area contributed by atoms with Crippen LogP contribution in [0, 0.1) is 18.6 Å². The first-order chi connectivity index (χ1) is 15.7. The SMILES string of the molecule is Cc1cc(OCc2ccc(F)cc2F)c(Br)c(=O)n1Cc1ccc(CN[C@H](C)C(N)=O)cc1.Cl. The molecular formula is C24H25BrClF2N3O3. The molecule has 3 rings (SSSR count). The molecule has 34 heavy (non-hydrogen) atoms. The summed E-state index contributed by atoms with van der Waals surface area (Å²) < 4.78 is 34.4. The van der Waals surface area contributed by atoms with Gasteiger partial charge in [-0.05, 0) is 53.0 Å². The van der Waals surface area contributed by atoms with Crippen LogP contribution in [-0.4, -0.2) is 16.5 Å². The van der Waals surface area contributed by atoms with Gasteiger partial charge in [0, 0.05) is 29.9 Å². The molecule has 182 valence electrons. The molecule has 0 aliphatic rings. The van der Waals surface area contributed by atoms with E-state index < -0.39 is 23.6 Å². The summed E-state index contributed by atoms with van der Waals surface area (Å²) in [5.74, 6) is -1.51. The Bertz CT molecular complexity index is 1220. The largest absolute Gasteiger partial charge is 0.487 e. The van der Waals surface area contributed by atoms with E-state index in [1.807, 2.05) is 24.3 Å². The van der Waals surface area contributed by atoms with Crippen LogP contribution in [0.5, 0.6) is 5.75 Å². The zero-order valence-electron chi connectivity index (χ0n) is 18.6. The van der Waals surface area contributed by atoms with Gasteiger partial charge in [-0.2, -0.15) is 0 Å². The number of nitrogens with two attached hydrogens (primary N) is 1. The van der Waals surface area contributed by atoms with E-state index in [0.29, 0.717) is 18.8 Å². The highest BCUT2D eigenvalue weighted by Gasteiger charge is 2.14. The number of hydrogen-bond donors (Lipinski definition) is 2. The Morgan fingerprint density at radius 3 is 2.41 bits per heavy atom. The maximum absolute atomic E-state index is 13.8. The highest BCUT2D eigenvalue weighted by atomic mass is 79.9. The molecule has 0 aliphatic heterocycles. The van der Waals surface area contributed by atoms with E-state index in [-0.39, 0.29) is 40.4 Å². The third-order valence-corrected chi connectivity index (χ3v) is 5.95. The fraction of sp³-hybridized carbons (Fsp3) is 0.250. The fourth-order valence-electron chi connectivity index (χ4n) is 3.13.